The van der Waals surface area contributed by atoms with Gasteiger partial charge < -0.3 is 4.74 Å². The maximum atomic E-state index is 11.4. The van der Waals surface area contributed by atoms with E-state index in [1.54, 1.807) is 0 Å². The number of hydrogen-bond acceptors (Lipinski definition) is 3. The predicted octanol–water partition coefficient (Wildman–Crippen LogP) is 0.752. The number of sulfonamides is 1. The molecule has 0 saturated carbocycles. The van der Waals surface area contributed by atoms with Gasteiger partial charge in [0.05, 0.1) is 12.4 Å². The van der Waals surface area contributed by atoms with Gasteiger partial charge in [0.2, 0.25) is 10.0 Å². The quantitative estimate of drug-likeness (QED) is 0.783. The van der Waals surface area contributed by atoms with Crippen LogP contribution in [-0.2, 0) is 21.3 Å². The summed E-state index contributed by atoms with van der Waals surface area (Å²) in [6, 6.07) is 9.39. The molecule has 1 aromatic rings. The van der Waals surface area contributed by atoms with Crippen molar-refractivity contribution in [1.29, 1.82) is 0 Å². The molecule has 5 heteroatoms. The molecule has 0 aliphatic heterocycles. The summed E-state index contributed by atoms with van der Waals surface area (Å²) in [5.74, 6) is -0.00364. The van der Waals surface area contributed by atoms with E-state index in [4.69, 9.17) is 4.74 Å². The lowest BCUT2D eigenvalue weighted by Gasteiger charge is -2.05. The molecule has 0 heterocycles. The first-order chi connectivity index (χ1) is 7.14. The Morgan fingerprint density at radius 1 is 1.27 bits per heavy atom. The van der Waals surface area contributed by atoms with Crippen LogP contribution >= 0.6 is 0 Å². The van der Waals surface area contributed by atoms with Crippen molar-refractivity contribution in [2.45, 2.75) is 6.54 Å². The first-order valence-corrected chi connectivity index (χ1v) is 6.29. The van der Waals surface area contributed by atoms with Crippen LogP contribution in [0.15, 0.2) is 30.3 Å². The third kappa shape index (κ3) is 4.92. The van der Waals surface area contributed by atoms with E-state index in [0.29, 0.717) is 6.54 Å². The van der Waals surface area contributed by atoms with E-state index >= 15 is 0 Å². The van der Waals surface area contributed by atoms with Crippen molar-refractivity contribution in [3.8, 4) is 0 Å². The van der Waals surface area contributed by atoms with E-state index in [1.165, 1.54) is 7.11 Å². The Labute approximate surface area is 90.3 Å². The molecule has 4 nitrogen and oxygen atoms in total. The SMILES string of the molecule is COCCS(=O)(=O)NCc1ccccc1. The van der Waals surface area contributed by atoms with Gasteiger partial charge in [-0.05, 0) is 5.56 Å². The largest absolute Gasteiger partial charge is 0.384 e. The zero-order valence-corrected chi connectivity index (χ0v) is 9.46. The summed E-state index contributed by atoms with van der Waals surface area (Å²) < 4.78 is 30.0. The van der Waals surface area contributed by atoms with Crippen LogP contribution in [0.1, 0.15) is 5.56 Å². The molecule has 0 atom stereocenters. The Balaban J connectivity index is 2.43. The maximum absolute atomic E-state index is 11.4. The molecule has 0 bridgehead atoms. The van der Waals surface area contributed by atoms with Crippen molar-refractivity contribution in [3.05, 3.63) is 35.9 Å². The lowest BCUT2D eigenvalue weighted by molar-refractivity contribution is 0.217. The topological polar surface area (TPSA) is 55.4 Å². The van der Waals surface area contributed by atoms with Crippen molar-refractivity contribution in [2.24, 2.45) is 0 Å². The molecule has 0 unspecified atom stereocenters. The summed E-state index contributed by atoms with van der Waals surface area (Å²) in [6.45, 7) is 0.539. The molecule has 0 amide bonds. The van der Waals surface area contributed by atoms with E-state index < -0.39 is 10.0 Å². The maximum Gasteiger partial charge on any atom is 0.214 e. The van der Waals surface area contributed by atoms with Gasteiger partial charge in [-0.1, -0.05) is 30.3 Å². The smallest absolute Gasteiger partial charge is 0.214 e. The summed E-state index contributed by atoms with van der Waals surface area (Å²) in [6.07, 6.45) is 0. The highest BCUT2D eigenvalue weighted by Gasteiger charge is 2.08. The Bertz CT molecular complexity index is 375. The van der Waals surface area contributed by atoms with Crippen molar-refractivity contribution in [2.75, 3.05) is 19.5 Å². The molecule has 1 rings (SSSR count). The number of nitrogens with one attached hydrogen (secondary N) is 1. The lowest BCUT2D eigenvalue weighted by Crippen LogP contribution is -2.27. The molecule has 0 saturated heterocycles. The molecule has 1 N–H and O–H groups in total. The van der Waals surface area contributed by atoms with Crippen LogP contribution in [0.5, 0.6) is 0 Å². The fourth-order valence-electron chi connectivity index (χ4n) is 1.05. The summed E-state index contributed by atoms with van der Waals surface area (Å²) >= 11 is 0. The second-order valence-electron chi connectivity index (χ2n) is 3.12. The lowest BCUT2D eigenvalue weighted by atomic mass is 10.2. The van der Waals surface area contributed by atoms with Crippen molar-refractivity contribution >= 4 is 10.0 Å². The standard InChI is InChI=1S/C10H15NO3S/c1-14-7-8-15(12,13)11-9-10-5-3-2-4-6-10/h2-6,11H,7-9H2,1H3. The van der Waals surface area contributed by atoms with Crippen LogP contribution in [0.4, 0.5) is 0 Å². The summed E-state index contributed by atoms with van der Waals surface area (Å²) in [5.41, 5.74) is 0.943. The van der Waals surface area contributed by atoms with Gasteiger partial charge in [0.1, 0.15) is 0 Å². The van der Waals surface area contributed by atoms with E-state index in [9.17, 15) is 8.42 Å². The van der Waals surface area contributed by atoms with Crippen LogP contribution in [0, 0.1) is 0 Å². The average molecular weight is 229 g/mol. The Morgan fingerprint density at radius 2 is 1.93 bits per heavy atom. The van der Waals surface area contributed by atoms with Crippen LogP contribution in [-0.4, -0.2) is 27.9 Å². The van der Waals surface area contributed by atoms with E-state index in [2.05, 4.69) is 4.72 Å². The highest BCUT2D eigenvalue weighted by atomic mass is 32.2. The first-order valence-electron chi connectivity index (χ1n) is 4.64. The van der Waals surface area contributed by atoms with Gasteiger partial charge in [-0.15, -0.1) is 0 Å². The van der Waals surface area contributed by atoms with Gasteiger partial charge in [0, 0.05) is 13.7 Å². The van der Waals surface area contributed by atoms with Crippen LogP contribution in [0.2, 0.25) is 0 Å². The number of methoxy groups -OCH3 is 1. The molecule has 0 aromatic heterocycles. The Kier molecular flexibility index (Phi) is 4.74. The van der Waals surface area contributed by atoms with Gasteiger partial charge >= 0.3 is 0 Å². The van der Waals surface area contributed by atoms with E-state index in [0.717, 1.165) is 5.56 Å². The fraction of sp³-hybridized carbons (Fsp3) is 0.400. The first kappa shape index (κ1) is 12.2. The summed E-state index contributed by atoms with van der Waals surface area (Å²) in [4.78, 5) is 0. The normalized spacial score (nSPS) is 11.5. The van der Waals surface area contributed by atoms with E-state index in [-0.39, 0.29) is 12.4 Å². The van der Waals surface area contributed by atoms with Crippen LogP contribution in [0.3, 0.4) is 0 Å². The molecule has 0 aliphatic rings. The third-order valence-electron chi connectivity index (χ3n) is 1.90. The molecule has 0 fully saturated rings. The molecule has 0 spiro atoms. The second kappa shape index (κ2) is 5.85. The zero-order valence-electron chi connectivity index (χ0n) is 8.64. The summed E-state index contributed by atoms with van der Waals surface area (Å²) in [7, 11) is -1.74. The molecular formula is C10H15NO3S. The number of benzene rings is 1. The monoisotopic (exact) mass is 229 g/mol. The fourth-order valence-corrected chi connectivity index (χ4v) is 1.97. The summed E-state index contributed by atoms with van der Waals surface area (Å²) in [5, 5.41) is 0. The van der Waals surface area contributed by atoms with Crippen LogP contribution in [0.25, 0.3) is 0 Å². The van der Waals surface area contributed by atoms with Gasteiger partial charge in [-0.2, -0.15) is 0 Å². The molecular weight excluding hydrogens is 214 g/mol. The van der Waals surface area contributed by atoms with Crippen molar-refractivity contribution < 1.29 is 13.2 Å². The highest BCUT2D eigenvalue weighted by Crippen LogP contribution is 1.98. The molecule has 15 heavy (non-hydrogen) atoms. The van der Waals surface area contributed by atoms with Crippen molar-refractivity contribution in [3.63, 3.8) is 0 Å². The number of rotatable bonds is 6. The minimum absolute atomic E-state index is 0.00364. The molecule has 0 radical (unpaired) electrons. The van der Waals surface area contributed by atoms with Gasteiger partial charge in [-0.25, -0.2) is 13.1 Å². The third-order valence-corrected chi connectivity index (χ3v) is 3.18. The highest BCUT2D eigenvalue weighted by molar-refractivity contribution is 7.89. The Hall–Kier alpha value is -0.910. The van der Waals surface area contributed by atoms with Gasteiger partial charge in [0.15, 0.2) is 0 Å². The van der Waals surface area contributed by atoms with Crippen LogP contribution < -0.4 is 4.72 Å². The second-order valence-corrected chi connectivity index (χ2v) is 5.04. The average Bonchev–Trinajstić information content (AvgIpc) is 2.25. The molecule has 84 valence electrons. The number of hydrogen-bond donors (Lipinski definition) is 1. The minimum atomic E-state index is -3.22. The predicted molar refractivity (Wildman–Crippen MR) is 58.9 cm³/mol. The van der Waals surface area contributed by atoms with Gasteiger partial charge in [0.25, 0.3) is 0 Å². The molecule has 1 aromatic carbocycles. The minimum Gasteiger partial charge on any atom is -0.384 e. The van der Waals surface area contributed by atoms with E-state index in [1.807, 2.05) is 30.3 Å². The Morgan fingerprint density at radius 3 is 2.53 bits per heavy atom. The molecule has 0 aliphatic carbocycles. The van der Waals surface area contributed by atoms with Gasteiger partial charge in [-0.3, -0.25) is 0 Å². The zero-order chi connectivity index (χ0) is 11.1. The number of ether oxygens (including phenoxy) is 1. The van der Waals surface area contributed by atoms with Crippen molar-refractivity contribution in [1.82, 2.24) is 4.72 Å².